The summed E-state index contributed by atoms with van der Waals surface area (Å²) in [6, 6.07) is 24.6. The summed E-state index contributed by atoms with van der Waals surface area (Å²) in [5, 5.41) is 2.84. The van der Waals surface area contributed by atoms with Crippen LogP contribution in [-0.2, 0) is 4.79 Å². The monoisotopic (exact) mass is 452 g/mol. The molecule has 140 valence electrons. The van der Waals surface area contributed by atoms with Crippen molar-refractivity contribution in [3.05, 3.63) is 94.5 Å². The van der Waals surface area contributed by atoms with Gasteiger partial charge in [0.15, 0.2) is 0 Å². The minimum absolute atomic E-state index is 0.0638. The molecule has 0 aromatic heterocycles. The van der Waals surface area contributed by atoms with E-state index in [0.717, 1.165) is 21.4 Å². The number of nitrogens with zero attached hydrogens (tertiary/aromatic N) is 1. The van der Waals surface area contributed by atoms with Crippen molar-refractivity contribution in [1.82, 2.24) is 0 Å². The average molecular weight is 453 g/mol. The van der Waals surface area contributed by atoms with Gasteiger partial charge in [0.25, 0.3) is 5.91 Å². The molecular formula is C22H17BrN2O2S. The molecule has 0 saturated carbocycles. The van der Waals surface area contributed by atoms with E-state index >= 15 is 0 Å². The van der Waals surface area contributed by atoms with Crippen molar-refractivity contribution in [2.75, 3.05) is 16.0 Å². The first-order valence-corrected chi connectivity index (χ1v) is 10.6. The van der Waals surface area contributed by atoms with Crippen LogP contribution in [0.1, 0.15) is 21.3 Å². The summed E-state index contributed by atoms with van der Waals surface area (Å²) in [6.45, 7) is 0. The van der Waals surface area contributed by atoms with E-state index in [0.29, 0.717) is 11.3 Å². The van der Waals surface area contributed by atoms with E-state index in [4.69, 9.17) is 0 Å². The highest BCUT2D eigenvalue weighted by Gasteiger charge is 2.33. The van der Waals surface area contributed by atoms with Gasteiger partial charge in [0.1, 0.15) is 5.37 Å². The summed E-state index contributed by atoms with van der Waals surface area (Å²) in [5.41, 5.74) is 3.24. The SMILES string of the molecule is O=C(Nc1ccc(C2SCC(=O)N2c2ccccc2)cc1)c1ccc(Br)cc1. The summed E-state index contributed by atoms with van der Waals surface area (Å²) in [6.07, 6.45) is 0. The number of carbonyl (C=O) groups is 2. The van der Waals surface area contributed by atoms with Gasteiger partial charge in [-0.1, -0.05) is 46.3 Å². The number of amides is 2. The molecule has 3 aromatic carbocycles. The summed E-state index contributed by atoms with van der Waals surface area (Å²) in [4.78, 5) is 26.6. The fourth-order valence-corrected chi connectivity index (χ4v) is 4.52. The Hall–Kier alpha value is -2.57. The maximum atomic E-state index is 12.4. The molecule has 1 N–H and O–H groups in total. The molecule has 1 aliphatic rings. The quantitative estimate of drug-likeness (QED) is 0.569. The lowest BCUT2D eigenvalue weighted by atomic mass is 10.1. The number of benzene rings is 3. The molecule has 3 aromatic rings. The second-order valence-electron chi connectivity index (χ2n) is 6.35. The van der Waals surface area contributed by atoms with Crippen LogP contribution in [0.25, 0.3) is 0 Å². The van der Waals surface area contributed by atoms with Crippen molar-refractivity contribution in [1.29, 1.82) is 0 Å². The molecule has 4 rings (SSSR count). The van der Waals surface area contributed by atoms with Crippen LogP contribution < -0.4 is 10.2 Å². The summed E-state index contributed by atoms with van der Waals surface area (Å²) in [5.74, 6) is 0.409. The van der Waals surface area contributed by atoms with E-state index in [9.17, 15) is 9.59 Å². The fourth-order valence-electron chi connectivity index (χ4n) is 3.07. The normalized spacial score (nSPS) is 16.2. The van der Waals surface area contributed by atoms with Gasteiger partial charge in [-0.3, -0.25) is 14.5 Å². The van der Waals surface area contributed by atoms with Gasteiger partial charge in [-0.15, -0.1) is 11.8 Å². The largest absolute Gasteiger partial charge is 0.322 e. The maximum Gasteiger partial charge on any atom is 0.255 e. The number of anilines is 2. The molecule has 0 aliphatic carbocycles. The molecule has 28 heavy (non-hydrogen) atoms. The second-order valence-corrected chi connectivity index (χ2v) is 8.33. The zero-order valence-electron chi connectivity index (χ0n) is 14.8. The molecule has 1 atom stereocenters. The smallest absolute Gasteiger partial charge is 0.255 e. The summed E-state index contributed by atoms with van der Waals surface area (Å²) >= 11 is 4.97. The van der Waals surface area contributed by atoms with Crippen LogP contribution >= 0.6 is 27.7 Å². The number of thioether (sulfide) groups is 1. The molecule has 1 unspecified atom stereocenters. The Morgan fingerprint density at radius 1 is 0.964 bits per heavy atom. The van der Waals surface area contributed by atoms with Crippen molar-refractivity contribution < 1.29 is 9.59 Å². The van der Waals surface area contributed by atoms with Crippen molar-refractivity contribution >= 4 is 50.9 Å². The van der Waals surface area contributed by atoms with Crippen molar-refractivity contribution in [3.63, 3.8) is 0 Å². The Labute approximate surface area is 176 Å². The van der Waals surface area contributed by atoms with Gasteiger partial charge >= 0.3 is 0 Å². The molecule has 0 radical (unpaired) electrons. The Bertz CT molecular complexity index is 991. The van der Waals surface area contributed by atoms with Crippen molar-refractivity contribution in [3.8, 4) is 0 Å². The Kier molecular flexibility index (Phi) is 5.50. The lowest BCUT2D eigenvalue weighted by Gasteiger charge is -2.24. The molecule has 0 spiro atoms. The van der Waals surface area contributed by atoms with E-state index in [1.165, 1.54) is 0 Å². The van der Waals surface area contributed by atoms with Gasteiger partial charge in [-0.2, -0.15) is 0 Å². The van der Waals surface area contributed by atoms with Gasteiger partial charge in [0.05, 0.1) is 5.75 Å². The van der Waals surface area contributed by atoms with Gasteiger partial charge in [-0.25, -0.2) is 0 Å². The van der Waals surface area contributed by atoms with Gasteiger partial charge < -0.3 is 5.32 Å². The molecule has 0 bridgehead atoms. The fraction of sp³-hybridized carbons (Fsp3) is 0.0909. The van der Waals surface area contributed by atoms with Crippen LogP contribution in [0.15, 0.2) is 83.3 Å². The van der Waals surface area contributed by atoms with E-state index in [-0.39, 0.29) is 17.2 Å². The summed E-state index contributed by atoms with van der Waals surface area (Å²) < 4.78 is 0.931. The van der Waals surface area contributed by atoms with Crippen LogP contribution in [-0.4, -0.2) is 17.6 Å². The lowest BCUT2D eigenvalue weighted by molar-refractivity contribution is -0.115. The number of hydrogen-bond acceptors (Lipinski definition) is 3. The molecular weight excluding hydrogens is 436 g/mol. The second kappa shape index (κ2) is 8.20. The summed E-state index contributed by atoms with van der Waals surface area (Å²) in [7, 11) is 0. The van der Waals surface area contributed by atoms with Crippen molar-refractivity contribution in [2.45, 2.75) is 5.37 Å². The molecule has 1 aliphatic heterocycles. The van der Waals surface area contributed by atoms with Crippen LogP contribution in [0.3, 0.4) is 0 Å². The number of para-hydroxylation sites is 1. The predicted molar refractivity (Wildman–Crippen MR) is 118 cm³/mol. The Morgan fingerprint density at radius 3 is 2.32 bits per heavy atom. The highest BCUT2D eigenvalue weighted by Crippen LogP contribution is 2.41. The first-order chi connectivity index (χ1) is 13.6. The van der Waals surface area contributed by atoms with Crippen LogP contribution in [0.4, 0.5) is 11.4 Å². The zero-order chi connectivity index (χ0) is 19.5. The number of nitrogens with one attached hydrogen (secondary N) is 1. The minimum atomic E-state index is -0.156. The minimum Gasteiger partial charge on any atom is -0.322 e. The first-order valence-electron chi connectivity index (χ1n) is 8.77. The first kappa shape index (κ1) is 18.8. The standard InChI is InChI=1S/C22H17BrN2O2S/c23-17-10-6-15(7-11-17)21(27)24-18-12-8-16(9-13-18)22-25(20(26)14-28-22)19-4-2-1-3-5-19/h1-13,22H,14H2,(H,24,27). The van der Waals surface area contributed by atoms with E-state index in [1.807, 2.05) is 71.6 Å². The number of halogens is 1. The number of hydrogen-bond donors (Lipinski definition) is 1. The predicted octanol–water partition coefficient (Wildman–Crippen LogP) is 5.48. The van der Waals surface area contributed by atoms with Crippen LogP contribution in [0, 0.1) is 0 Å². The molecule has 1 heterocycles. The maximum absolute atomic E-state index is 12.4. The molecule has 6 heteroatoms. The lowest BCUT2D eigenvalue weighted by Crippen LogP contribution is -2.27. The molecule has 2 amide bonds. The van der Waals surface area contributed by atoms with Crippen LogP contribution in [0.2, 0.25) is 0 Å². The third-order valence-electron chi connectivity index (χ3n) is 4.46. The number of carbonyl (C=O) groups excluding carboxylic acids is 2. The van der Waals surface area contributed by atoms with E-state index in [2.05, 4.69) is 21.2 Å². The Balaban J connectivity index is 1.50. The van der Waals surface area contributed by atoms with Gasteiger partial charge in [0, 0.05) is 21.4 Å². The molecule has 1 fully saturated rings. The van der Waals surface area contributed by atoms with Gasteiger partial charge in [-0.05, 0) is 54.1 Å². The Morgan fingerprint density at radius 2 is 1.64 bits per heavy atom. The highest BCUT2D eigenvalue weighted by molar-refractivity contribution is 9.10. The molecule has 1 saturated heterocycles. The molecule has 4 nitrogen and oxygen atoms in total. The zero-order valence-corrected chi connectivity index (χ0v) is 17.2. The van der Waals surface area contributed by atoms with Gasteiger partial charge in [0.2, 0.25) is 5.91 Å². The van der Waals surface area contributed by atoms with E-state index in [1.54, 1.807) is 23.9 Å². The topological polar surface area (TPSA) is 49.4 Å². The number of rotatable bonds is 4. The van der Waals surface area contributed by atoms with Crippen LogP contribution in [0.5, 0.6) is 0 Å². The highest BCUT2D eigenvalue weighted by atomic mass is 79.9. The average Bonchev–Trinajstić information content (AvgIpc) is 3.11. The van der Waals surface area contributed by atoms with E-state index < -0.39 is 0 Å². The third-order valence-corrected chi connectivity index (χ3v) is 6.20. The van der Waals surface area contributed by atoms with Crippen molar-refractivity contribution in [2.24, 2.45) is 0 Å². The third kappa shape index (κ3) is 3.98.